The maximum Gasteiger partial charge on any atom is 0.272 e. The summed E-state index contributed by atoms with van der Waals surface area (Å²) < 4.78 is 60.1. The first-order chi connectivity index (χ1) is 7.96. The van der Waals surface area contributed by atoms with E-state index in [-0.39, 0.29) is 0 Å². The minimum atomic E-state index is -4.96. The molecule has 12 heteroatoms. The summed E-state index contributed by atoms with van der Waals surface area (Å²) in [7, 11) is -9.93. The van der Waals surface area contributed by atoms with Crippen molar-refractivity contribution in [3.63, 3.8) is 0 Å². The lowest BCUT2D eigenvalue weighted by Gasteiger charge is -2.26. The van der Waals surface area contributed by atoms with Crippen LogP contribution in [0.1, 0.15) is 0 Å². The van der Waals surface area contributed by atoms with E-state index in [1.54, 1.807) is 0 Å². The summed E-state index contributed by atoms with van der Waals surface area (Å²) in [6.07, 6.45) is -4.85. The Morgan fingerprint density at radius 2 is 0.944 bits per heavy atom. The highest BCUT2D eigenvalue weighted by Crippen LogP contribution is 2.15. The first kappa shape index (κ1) is 17.7. The van der Waals surface area contributed by atoms with E-state index >= 15 is 0 Å². The highest BCUT2D eigenvalue weighted by molar-refractivity contribution is 7.86. The van der Waals surface area contributed by atoms with Crippen molar-refractivity contribution in [2.75, 3.05) is 13.2 Å². The van der Waals surface area contributed by atoms with E-state index in [0.717, 1.165) is 0 Å². The molecule has 0 saturated heterocycles. The molecule has 0 bridgehead atoms. The molecule has 0 spiro atoms. The van der Waals surface area contributed by atoms with Gasteiger partial charge in [-0.3, -0.25) is 9.11 Å². The molecule has 0 saturated carbocycles. The number of hydrogen-bond donors (Lipinski definition) is 6. The second-order valence-corrected chi connectivity index (χ2v) is 6.72. The van der Waals surface area contributed by atoms with Crippen LogP contribution in [0.5, 0.6) is 0 Å². The highest BCUT2D eigenvalue weighted by Gasteiger charge is 2.42. The third kappa shape index (κ3) is 4.40. The van der Waals surface area contributed by atoms with Crippen molar-refractivity contribution in [1.82, 2.24) is 0 Å². The van der Waals surface area contributed by atoms with Crippen molar-refractivity contribution in [3.8, 4) is 0 Å². The zero-order valence-electron chi connectivity index (χ0n) is 8.86. The van der Waals surface area contributed by atoms with E-state index in [0.29, 0.717) is 0 Å². The predicted octanol–water partition coefficient (Wildman–Crippen LogP) is -3.79. The molecule has 110 valence electrons. The van der Waals surface area contributed by atoms with Crippen LogP contribution < -0.4 is 0 Å². The fourth-order valence-electron chi connectivity index (χ4n) is 1.20. The minimum absolute atomic E-state index is 1.30. The van der Waals surface area contributed by atoms with Crippen LogP contribution in [0.3, 0.4) is 0 Å². The van der Waals surface area contributed by atoms with Crippen LogP contribution in [0.25, 0.3) is 0 Å². The number of aliphatic hydroxyl groups excluding tert-OH is 4. The predicted molar refractivity (Wildman–Crippen MR) is 56.9 cm³/mol. The quantitative estimate of drug-likeness (QED) is 0.254. The lowest BCUT2D eigenvalue weighted by atomic mass is 10.1. The van der Waals surface area contributed by atoms with Gasteiger partial charge in [0.25, 0.3) is 20.2 Å². The Hall–Kier alpha value is -0.340. The van der Waals surface area contributed by atoms with Crippen LogP contribution in [-0.2, 0) is 20.2 Å². The van der Waals surface area contributed by atoms with Gasteiger partial charge in [-0.1, -0.05) is 0 Å². The number of rotatable bonds is 7. The van der Waals surface area contributed by atoms with Gasteiger partial charge in [-0.15, -0.1) is 0 Å². The first-order valence-electron chi connectivity index (χ1n) is 4.47. The molecule has 4 atom stereocenters. The van der Waals surface area contributed by atoms with Crippen molar-refractivity contribution in [3.05, 3.63) is 0 Å². The largest absolute Gasteiger partial charge is 0.395 e. The topological polar surface area (TPSA) is 190 Å². The lowest BCUT2D eigenvalue weighted by Crippen LogP contribution is -2.52. The molecule has 0 aliphatic heterocycles. The van der Waals surface area contributed by atoms with Crippen molar-refractivity contribution in [2.24, 2.45) is 0 Å². The van der Waals surface area contributed by atoms with Crippen LogP contribution >= 0.6 is 0 Å². The molecule has 0 radical (unpaired) electrons. The molecule has 0 aromatic rings. The van der Waals surface area contributed by atoms with Gasteiger partial charge in [-0.2, -0.15) is 16.8 Å². The molecule has 0 rings (SSSR count). The monoisotopic (exact) mass is 310 g/mol. The SMILES string of the molecule is O=S(=O)(O)C(CO)C(O)C(O)C(CO)S(=O)(=O)O. The standard InChI is InChI=1S/C6H14O10S2/c7-1-3(17(11,12)13)5(9)6(10)4(2-8)18(14,15)16/h3-10H,1-2H2,(H,11,12,13)(H,14,15,16). The second kappa shape index (κ2) is 6.21. The second-order valence-electron chi connectivity index (χ2n) is 3.45. The van der Waals surface area contributed by atoms with Gasteiger partial charge in [-0.05, 0) is 0 Å². The Morgan fingerprint density at radius 1 is 0.722 bits per heavy atom. The molecule has 0 heterocycles. The van der Waals surface area contributed by atoms with Crippen LogP contribution in [0.15, 0.2) is 0 Å². The van der Waals surface area contributed by atoms with E-state index in [1.807, 2.05) is 0 Å². The zero-order chi connectivity index (χ0) is 14.7. The van der Waals surface area contributed by atoms with E-state index in [4.69, 9.17) is 19.3 Å². The number of hydrogen-bond acceptors (Lipinski definition) is 8. The van der Waals surface area contributed by atoms with Gasteiger partial charge >= 0.3 is 0 Å². The Labute approximate surface area is 103 Å². The van der Waals surface area contributed by atoms with Gasteiger partial charge in [0.1, 0.15) is 22.7 Å². The van der Waals surface area contributed by atoms with E-state index in [9.17, 15) is 27.0 Å². The van der Waals surface area contributed by atoms with Gasteiger partial charge < -0.3 is 20.4 Å². The van der Waals surface area contributed by atoms with Crippen molar-refractivity contribution in [2.45, 2.75) is 22.7 Å². The molecule has 0 fully saturated rings. The summed E-state index contributed by atoms with van der Waals surface area (Å²) >= 11 is 0. The summed E-state index contributed by atoms with van der Waals surface area (Å²) in [5.41, 5.74) is 0. The molecule has 4 unspecified atom stereocenters. The average molecular weight is 310 g/mol. The van der Waals surface area contributed by atoms with Gasteiger partial charge in [-0.25, -0.2) is 0 Å². The molecule has 0 aliphatic carbocycles. The highest BCUT2D eigenvalue weighted by atomic mass is 32.2. The maximum absolute atomic E-state index is 10.7. The molecule has 10 nitrogen and oxygen atoms in total. The summed E-state index contributed by atoms with van der Waals surface area (Å²) in [4.78, 5) is 0. The Bertz CT molecular complexity index is 409. The summed E-state index contributed by atoms with van der Waals surface area (Å²) in [6.45, 7) is -2.61. The van der Waals surface area contributed by atoms with Crippen molar-refractivity contribution >= 4 is 20.2 Å². The molecule has 0 aliphatic rings. The van der Waals surface area contributed by atoms with Crippen LogP contribution in [-0.4, -0.2) is 82.3 Å². The zero-order valence-corrected chi connectivity index (χ0v) is 10.5. The fraction of sp³-hybridized carbons (Fsp3) is 1.00. The average Bonchev–Trinajstić information content (AvgIpc) is 2.14. The fourth-order valence-corrected chi connectivity index (χ4v) is 2.60. The molecule has 0 amide bonds. The normalized spacial score (nSPS) is 20.1. The smallest absolute Gasteiger partial charge is 0.272 e. The van der Waals surface area contributed by atoms with Crippen molar-refractivity contribution < 1.29 is 46.4 Å². The molecular formula is C6H14O10S2. The Kier molecular flexibility index (Phi) is 6.09. The lowest BCUT2D eigenvalue weighted by molar-refractivity contribution is -0.00446. The van der Waals surface area contributed by atoms with Crippen LogP contribution in [0.2, 0.25) is 0 Å². The van der Waals surface area contributed by atoms with Crippen LogP contribution in [0, 0.1) is 0 Å². The minimum Gasteiger partial charge on any atom is -0.395 e. The third-order valence-electron chi connectivity index (χ3n) is 2.24. The van der Waals surface area contributed by atoms with E-state index < -0.39 is 56.2 Å². The van der Waals surface area contributed by atoms with E-state index in [2.05, 4.69) is 0 Å². The molecule has 18 heavy (non-hydrogen) atoms. The van der Waals surface area contributed by atoms with Gasteiger partial charge in [0.15, 0.2) is 0 Å². The van der Waals surface area contributed by atoms with Crippen LogP contribution in [0.4, 0.5) is 0 Å². The van der Waals surface area contributed by atoms with E-state index in [1.165, 1.54) is 0 Å². The first-order valence-corrected chi connectivity index (χ1v) is 7.48. The van der Waals surface area contributed by atoms with Crippen molar-refractivity contribution in [1.29, 1.82) is 0 Å². The molecular weight excluding hydrogens is 296 g/mol. The third-order valence-corrected chi connectivity index (χ3v) is 4.62. The summed E-state index contributed by atoms with van der Waals surface area (Å²) in [6, 6.07) is 0. The summed E-state index contributed by atoms with van der Waals surface area (Å²) in [5.74, 6) is 0. The number of aliphatic hydroxyl groups is 4. The van der Waals surface area contributed by atoms with Gasteiger partial charge in [0.2, 0.25) is 0 Å². The summed E-state index contributed by atoms with van der Waals surface area (Å²) in [5, 5.41) is 31.4. The Morgan fingerprint density at radius 3 is 1.06 bits per heavy atom. The van der Waals surface area contributed by atoms with Gasteiger partial charge in [0, 0.05) is 0 Å². The molecule has 6 N–H and O–H groups in total. The Balaban J connectivity index is 5.26. The maximum atomic E-state index is 10.7. The molecule has 0 aromatic carbocycles. The molecule has 0 aromatic heterocycles. The van der Waals surface area contributed by atoms with Gasteiger partial charge in [0.05, 0.1) is 13.2 Å².